The maximum atomic E-state index is 12.1. The Kier molecular flexibility index (Phi) is 4.74. The molecule has 3 rings (SSSR count). The second-order valence-electron chi connectivity index (χ2n) is 6.40. The second-order valence-corrected chi connectivity index (χ2v) is 6.40. The van der Waals surface area contributed by atoms with Crippen molar-refractivity contribution in [2.24, 2.45) is 0 Å². The number of amides is 1. The molecular formula is C19H24N2O. The molecule has 0 atom stereocenters. The molecule has 0 radical (unpaired) electrons. The Morgan fingerprint density at radius 1 is 1.14 bits per heavy atom. The lowest BCUT2D eigenvalue weighted by Crippen LogP contribution is -2.39. The van der Waals surface area contributed by atoms with E-state index in [0.717, 1.165) is 19.4 Å². The van der Waals surface area contributed by atoms with Gasteiger partial charge in [0, 0.05) is 12.6 Å². The van der Waals surface area contributed by atoms with Crippen LogP contribution < -0.4 is 5.32 Å². The zero-order valence-corrected chi connectivity index (χ0v) is 13.2. The predicted molar refractivity (Wildman–Crippen MR) is 90.7 cm³/mol. The molecule has 1 amide bonds. The molecule has 0 heterocycles. The maximum Gasteiger partial charge on any atom is 0.234 e. The fourth-order valence-corrected chi connectivity index (χ4v) is 3.29. The van der Waals surface area contributed by atoms with Gasteiger partial charge >= 0.3 is 0 Å². The standard InChI is InChI=1S/C19H24N2O/c1-21(14-19(22)20-18-8-4-5-9-18)13-15-10-11-16-6-2-3-7-17(16)12-15/h2-3,6-7,10-12,18H,4-5,8-9,13-14H2,1H3,(H,20,22). The fourth-order valence-electron chi connectivity index (χ4n) is 3.29. The van der Waals surface area contributed by atoms with Gasteiger partial charge in [0.25, 0.3) is 0 Å². The van der Waals surface area contributed by atoms with Gasteiger partial charge in [-0.25, -0.2) is 0 Å². The summed E-state index contributed by atoms with van der Waals surface area (Å²) in [5.41, 5.74) is 1.25. The maximum absolute atomic E-state index is 12.1. The van der Waals surface area contributed by atoms with Gasteiger partial charge in [-0.05, 0) is 42.3 Å². The number of nitrogens with zero attached hydrogens (tertiary/aromatic N) is 1. The van der Waals surface area contributed by atoms with E-state index in [4.69, 9.17) is 0 Å². The fraction of sp³-hybridized carbons (Fsp3) is 0.421. The van der Waals surface area contributed by atoms with Crippen molar-refractivity contribution in [3.8, 4) is 0 Å². The number of carbonyl (C=O) groups excluding carboxylic acids is 1. The molecule has 1 saturated carbocycles. The highest BCUT2D eigenvalue weighted by Gasteiger charge is 2.17. The molecule has 3 heteroatoms. The third-order valence-corrected chi connectivity index (χ3v) is 4.40. The topological polar surface area (TPSA) is 32.3 Å². The Hall–Kier alpha value is -1.87. The molecule has 0 unspecified atom stereocenters. The van der Waals surface area contributed by atoms with E-state index in [1.807, 2.05) is 7.05 Å². The van der Waals surface area contributed by atoms with Gasteiger partial charge in [0.15, 0.2) is 0 Å². The number of rotatable bonds is 5. The Morgan fingerprint density at radius 3 is 2.64 bits per heavy atom. The van der Waals surface area contributed by atoms with E-state index in [-0.39, 0.29) is 5.91 Å². The van der Waals surface area contributed by atoms with Gasteiger partial charge in [0.2, 0.25) is 5.91 Å². The second kappa shape index (κ2) is 6.93. The predicted octanol–water partition coefficient (Wildman–Crippen LogP) is 3.33. The van der Waals surface area contributed by atoms with E-state index >= 15 is 0 Å². The highest BCUT2D eigenvalue weighted by Crippen LogP contribution is 2.18. The van der Waals surface area contributed by atoms with Gasteiger partial charge in [0.1, 0.15) is 0 Å². The number of benzene rings is 2. The highest BCUT2D eigenvalue weighted by atomic mass is 16.2. The summed E-state index contributed by atoms with van der Waals surface area (Å²) in [4.78, 5) is 14.1. The van der Waals surface area contributed by atoms with Crippen LogP contribution in [0.25, 0.3) is 10.8 Å². The summed E-state index contributed by atoms with van der Waals surface area (Å²) in [6.45, 7) is 1.26. The minimum absolute atomic E-state index is 0.148. The van der Waals surface area contributed by atoms with E-state index < -0.39 is 0 Å². The van der Waals surface area contributed by atoms with Gasteiger partial charge in [-0.3, -0.25) is 9.69 Å². The largest absolute Gasteiger partial charge is 0.352 e. The van der Waals surface area contributed by atoms with Gasteiger partial charge in [-0.2, -0.15) is 0 Å². The molecule has 2 aromatic rings. The van der Waals surface area contributed by atoms with E-state index in [1.54, 1.807) is 0 Å². The van der Waals surface area contributed by atoms with Gasteiger partial charge < -0.3 is 5.32 Å². The first-order valence-corrected chi connectivity index (χ1v) is 8.16. The van der Waals surface area contributed by atoms with Crippen LogP contribution in [-0.4, -0.2) is 30.4 Å². The molecule has 0 bridgehead atoms. The van der Waals surface area contributed by atoms with Crippen LogP contribution in [0.5, 0.6) is 0 Å². The smallest absolute Gasteiger partial charge is 0.234 e. The summed E-state index contributed by atoms with van der Waals surface area (Å²) in [5, 5.41) is 5.66. The Bertz CT molecular complexity index is 647. The molecule has 2 aromatic carbocycles. The molecule has 1 fully saturated rings. The quantitative estimate of drug-likeness (QED) is 0.918. The van der Waals surface area contributed by atoms with Gasteiger partial charge in [0.05, 0.1) is 6.54 Å². The average molecular weight is 296 g/mol. The molecule has 1 aliphatic carbocycles. The Morgan fingerprint density at radius 2 is 1.86 bits per heavy atom. The highest BCUT2D eigenvalue weighted by molar-refractivity contribution is 5.83. The van der Waals surface area contributed by atoms with Crippen molar-refractivity contribution in [2.75, 3.05) is 13.6 Å². The lowest BCUT2D eigenvalue weighted by Gasteiger charge is -2.18. The Balaban J connectivity index is 1.55. The van der Waals surface area contributed by atoms with Crippen LogP contribution in [0.1, 0.15) is 31.2 Å². The normalized spacial score (nSPS) is 15.5. The minimum atomic E-state index is 0.148. The van der Waals surface area contributed by atoms with Crippen LogP contribution >= 0.6 is 0 Å². The SMILES string of the molecule is CN(CC(=O)NC1CCCC1)Cc1ccc2ccccc2c1. The third kappa shape index (κ3) is 3.86. The van der Waals surface area contributed by atoms with Crippen LogP contribution in [0.3, 0.4) is 0 Å². The first kappa shape index (κ1) is 15.0. The summed E-state index contributed by atoms with van der Waals surface area (Å²) in [6, 6.07) is 15.3. The lowest BCUT2D eigenvalue weighted by atomic mass is 10.1. The number of likely N-dealkylation sites (N-methyl/N-ethyl adjacent to an activating group) is 1. The number of hydrogen-bond donors (Lipinski definition) is 1. The molecule has 0 saturated heterocycles. The first-order valence-electron chi connectivity index (χ1n) is 8.16. The zero-order chi connectivity index (χ0) is 15.4. The number of nitrogens with one attached hydrogen (secondary N) is 1. The molecule has 116 valence electrons. The first-order chi connectivity index (χ1) is 10.7. The molecule has 22 heavy (non-hydrogen) atoms. The van der Waals surface area contributed by atoms with Gasteiger partial charge in [-0.15, -0.1) is 0 Å². The van der Waals surface area contributed by atoms with E-state index in [9.17, 15) is 4.79 Å². The van der Waals surface area contributed by atoms with Crippen LogP contribution in [0.15, 0.2) is 42.5 Å². The Labute approximate surface area is 132 Å². The summed E-state index contributed by atoms with van der Waals surface area (Å²) < 4.78 is 0. The summed E-state index contributed by atoms with van der Waals surface area (Å²) in [7, 11) is 2.00. The number of hydrogen-bond acceptors (Lipinski definition) is 2. The van der Waals surface area contributed by atoms with E-state index in [1.165, 1.54) is 29.2 Å². The van der Waals surface area contributed by atoms with Crippen molar-refractivity contribution in [1.29, 1.82) is 0 Å². The van der Waals surface area contributed by atoms with Crippen molar-refractivity contribution in [1.82, 2.24) is 10.2 Å². The van der Waals surface area contributed by atoms with Crippen LogP contribution in [0.2, 0.25) is 0 Å². The van der Waals surface area contributed by atoms with E-state index in [2.05, 4.69) is 52.7 Å². The van der Waals surface area contributed by atoms with Crippen molar-refractivity contribution in [3.05, 3.63) is 48.0 Å². The van der Waals surface area contributed by atoms with E-state index in [0.29, 0.717) is 12.6 Å². The lowest BCUT2D eigenvalue weighted by molar-refractivity contribution is -0.122. The van der Waals surface area contributed by atoms with Crippen LogP contribution in [-0.2, 0) is 11.3 Å². The summed E-state index contributed by atoms with van der Waals surface area (Å²) >= 11 is 0. The third-order valence-electron chi connectivity index (χ3n) is 4.40. The number of fused-ring (bicyclic) bond motifs is 1. The molecule has 0 aromatic heterocycles. The van der Waals surface area contributed by atoms with Crippen molar-refractivity contribution in [3.63, 3.8) is 0 Å². The average Bonchev–Trinajstić information content (AvgIpc) is 2.99. The van der Waals surface area contributed by atoms with Crippen LogP contribution in [0, 0.1) is 0 Å². The van der Waals surface area contributed by atoms with Crippen molar-refractivity contribution < 1.29 is 4.79 Å². The minimum Gasteiger partial charge on any atom is -0.352 e. The van der Waals surface area contributed by atoms with Crippen molar-refractivity contribution in [2.45, 2.75) is 38.3 Å². The zero-order valence-electron chi connectivity index (χ0n) is 13.2. The van der Waals surface area contributed by atoms with Gasteiger partial charge in [-0.1, -0.05) is 49.2 Å². The monoisotopic (exact) mass is 296 g/mol. The summed E-state index contributed by atoms with van der Waals surface area (Å²) in [5.74, 6) is 0.148. The molecule has 0 spiro atoms. The number of carbonyl (C=O) groups is 1. The molecule has 3 nitrogen and oxygen atoms in total. The molecular weight excluding hydrogens is 272 g/mol. The van der Waals surface area contributed by atoms with Crippen molar-refractivity contribution >= 4 is 16.7 Å². The van der Waals surface area contributed by atoms with Crippen LogP contribution in [0.4, 0.5) is 0 Å². The summed E-state index contributed by atoms with van der Waals surface area (Å²) in [6.07, 6.45) is 4.77. The molecule has 1 N–H and O–H groups in total. The molecule has 1 aliphatic rings. The molecule has 0 aliphatic heterocycles.